The van der Waals surface area contributed by atoms with Crippen LogP contribution in [0.3, 0.4) is 0 Å². The fraction of sp³-hybridized carbons (Fsp3) is 0.778. The SMILES string of the molecule is CC(C)(O)C(C)(C)O[B]C(C=N)C=N. The van der Waals surface area contributed by atoms with E-state index in [4.69, 9.17) is 15.5 Å². The minimum absolute atomic E-state index is 0.434. The van der Waals surface area contributed by atoms with E-state index in [1.807, 2.05) is 0 Å². The van der Waals surface area contributed by atoms with Crippen molar-refractivity contribution < 1.29 is 9.76 Å². The Kier molecular flexibility index (Phi) is 4.48. The largest absolute Gasteiger partial charge is 0.432 e. The first-order valence-corrected chi connectivity index (χ1v) is 4.49. The van der Waals surface area contributed by atoms with Gasteiger partial charge in [-0.1, -0.05) is 0 Å². The van der Waals surface area contributed by atoms with Gasteiger partial charge in [0.15, 0.2) is 0 Å². The van der Waals surface area contributed by atoms with Gasteiger partial charge in [0.05, 0.1) is 11.2 Å². The molecule has 0 aromatic carbocycles. The van der Waals surface area contributed by atoms with Crippen LogP contribution in [0.1, 0.15) is 27.7 Å². The molecule has 14 heavy (non-hydrogen) atoms. The van der Waals surface area contributed by atoms with E-state index in [1.165, 1.54) is 7.48 Å². The molecule has 0 aromatic heterocycles. The fourth-order valence-corrected chi connectivity index (χ4v) is 0.520. The highest BCUT2D eigenvalue weighted by Gasteiger charge is 2.36. The van der Waals surface area contributed by atoms with Gasteiger partial charge in [-0.15, -0.1) is 0 Å². The van der Waals surface area contributed by atoms with Gasteiger partial charge in [0.2, 0.25) is 0 Å². The van der Waals surface area contributed by atoms with Crippen LogP contribution in [0, 0.1) is 10.8 Å². The van der Waals surface area contributed by atoms with Crippen LogP contribution in [0.15, 0.2) is 0 Å². The van der Waals surface area contributed by atoms with Crippen LogP contribution in [0.5, 0.6) is 0 Å². The van der Waals surface area contributed by atoms with Crippen molar-refractivity contribution in [1.29, 1.82) is 10.8 Å². The molecule has 0 saturated carbocycles. The van der Waals surface area contributed by atoms with Crippen LogP contribution in [-0.4, -0.2) is 36.2 Å². The number of aliphatic hydroxyl groups is 1. The minimum atomic E-state index is -0.974. The van der Waals surface area contributed by atoms with Gasteiger partial charge >= 0.3 is 7.48 Å². The van der Waals surface area contributed by atoms with Gasteiger partial charge in [0.1, 0.15) is 0 Å². The first kappa shape index (κ1) is 13.3. The molecule has 0 fully saturated rings. The second kappa shape index (κ2) is 4.71. The Hall–Kier alpha value is -0.675. The molecule has 5 heteroatoms. The van der Waals surface area contributed by atoms with E-state index in [2.05, 4.69) is 0 Å². The van der Waals surface area contributed by atoms with Gasteiger partial charge in [-0.3, -0.25) is 0 Å². The zero-order valence-electron chi connectivity index (χ0n) is 9.16. The topological polar surface area (TPSA) is 77.2 Å². The van der Waals surface area contributed by atoms with E-state index in [0.717, 1.165) is 12.4 Å². The van der Waals surface area contributed by atoms with E-state index in [9.17, 15) is 5.11 Å². The van der Waals surface area contributed by atoms with Crippen molar-refractivity contribution in [2.24, 2.45) is 0 Å². The monoisotopic (exact) mass is 197 g/mol. The van der Waals surface area contributed by atoms with Crippen LogP contribution in [0.4, 0.5) is 0 Å². The number of nitrogens with one attached hydrogen (secondary N) is 2. The molecule has 0 amide bonds. The molecule has 0 aliphatic heterocycles. The Balaban J connectivity index is 4.24. The zero-order chi connectivity index (χ0) is 11.4. The van der Waals surface area contributed by atoms with E-state index < -0.39 is 17.0 Å². The lowest BCUT2D eigenvalue weighted by Gasteiger charge is -2.38. The Morgan fingerprint density at radius 2 is 1.64 bits per heavy atom. The highest BCUT2D eigenvalue weighted by Crippen LogP contribution is 2.25. The molecular weight excluding hydrogens is 179 g/mol. The molecule has 0 spiro atoms. The second-order valence-electron chi connectivity index (χ2n) is 4.23. The van der Waals surface area contributed by atoms with E-state index in [1.54, 1.807) is 27.7 Å². The van der Waals surface area contributed by atoms with Crippen molar-refractivity contribution in [3.8, 4) is 0 Å². The smallest absolute Gasteiger partial charge is 0.308 e. The molecule has 0 atom stereocenters. The quantitative estimate of drug-likeness (QED) is 0.442. The van der Waals surface area contributed by atoms with Gasteiger partial charge in [0.25, 0.3) is 0 Å². The first-order valence-electron chi connectivity index (χ1n) is 4.49. The maximum absolute atomic E-state index is 9.74. The van der Waals surface area contributed by atoms with Gasteiger partial charge < -0.3 is 20.6 Å². The van der Waals surface area contributed by atoms with Gasteiger partial charge in [0, 0.05) is 5.82 Å². The maximum atomic E-state index is 9.74. The Bertz CT molecular complexity index is 203. The van der Waals surface area contributed by atoms with Crippen LogP contribution in [0.25, 0.3) is 0 Å². The highest BCUT2D eigenvalue weighted by molar-refractivity contribution is 6.42. The summed E-state index contributed by atoms with van der Waals surface area (Å²) >= 11 is 0. The molecular formula is C9H18BN2O2. The van der Waals surface area contributed by atoms with E-state index in [-0.39, 0.29) is 0 Å². The Labute approximate surface area is 86.0 Å². The summed E-state index contributed by atoms with van der Waals surface area (Å²) in [6.45, 7) is 6.83. The third-order valence-corrected chi connectivity index (χ3v) is 2.38. The Morgan fingerprint density at radius 1 is 1.21 bits per heavy atom. The lowest BCUT2D eigenvalue weighted by atomic mass is 9.79. The van der Waals surface area contributed by atoms with Crippen LogP contribution in [0.2, 0.25) is 5.82 Å². The van der Waals surface area contributed by atoms with Crippen LogP contribution < -0.4 is 0 Å². The van der Waals surface area contributed by atoms with E-state index >= 15 is 0 Å². The summed E-state index contributed by atoms with van der Waals surface area (Å²) < 4.78 is 5.36. The average Bonchev–Trinajstić information content (AvgIpc) is 2.04. The lowest BCUT2D eigenvalue weighted by molar-refractivity contribution is -0.0903. The summed E-state index contributed by atoms with van der Waals surface area (Å²) in [5, 5.41) is 23.7. The standard InChI is InChI=1S/C9H18BN2O2/c1-8(2,13)9(3,4)14-10-7(5-11)6-12/h5-7,11-13H,1-4H3. The fourth-order valence-electron chi connectivity index (χ4n) is 0.520. The zero-order valence-corrected chi connectivity index (χ0v) is 9.16. The van der Waals surface area contributed by atoms with Gasteiger partial charge in [-0.25, -0.2) is 0 Å². The number of hydrogen-bond donors (Lipinski definition) is 3. The van der Waals surface area contributed by atoms with Crippen molar-refractivity contribution in [3.63, 3.8) is 0 Å². The molecule has 0 aliphatic carbocycles. The summed E-state index contributed by atoms with van der Waals surface area (Å²) in [5.74, 6) is -0.434. The molecule has 0 aromatic rings. The summed E-state index contributed by atoms with van der Waals surface area (Å²) in [6, 6.07) is 0. The van der Waals surface area contributed by atoms with Crippen molar-refractivity contribution in [2.75, 3.05) is 0 Å². The molecule has 0 bridgehead atoms. The molecule has 1 radical (unpaired) electrons. The Morgan fingerprint density at radius 3 is 1.93 bits per heavy atom. The molecule has 3 N–H and O–H groups in total. The average molecular weight is 197 g/mol. The third kappa shape index (κ3) is 3.60. The van der Waals surface area contributed by atoms with Crippen molar-refractivity contribution in [1.82, 2.24) is 0 Å². The number of rotatable bonds is 6. The lowest BCUT2D eigenvalue weighted by Crippen LogP contribution is -2.48. The second-order valence-corrected chi connectivity index (χ2v) is 4.23. The summed E-state index contributed by atoms with van der Waals surface area (Å²) in [7, 11) is 1.39. The predicted molar refractivity (Wildman–Crippen MR) is 58.5 cm³/mol. The molecule has 0 aliphatic rings. The minimum Gasteiger partial charge on any atom is -0.432 e. The molecule has 0 heterocycles. The predicted octanol–water partition coefficient (Wildman–Crippen LogP) is 1.26. The first-order chi connectivity index (χ1) is 6.24. The van der Waals surface area contributed by atoms with E-state index in [0.29, 0.717) is 0 Å². The van der Waals surface area contributed by atoms with Crippen LogP contribution >= 0.6 is 0 Å². The van der Waals surface area contributed by atoms with Crippen molar-refractivity contribution in [2.45, 2.75) is 44.7 Å². The normalized spacial score (nSPS) is 14.6. The van der Waals surface area contributed by atoms with Gasteiger partial charge in [-0.05, 0) is 40.1 Å². The molecule has 0 unspecified atom stereocenters. The summed E-state index contributed by atoms with van der Waals surface area (Å²) in [5.41, 5.74) is -1.71. The molecule has 4 nitrogen and oxygen atoms in total. The number of hydrogen-bond acceptors (Lipinski definition) is 4. The van der Waals surface area contributed by atoms with Crippen molar-refractivity contribution in [3.05, 3.63) is 0 Å². The van der Waals surface area contributed by atoms with Crippen LogP contribution in [-0.2, 0) is 4.65 Å². The van der Waals surface area contributed by atoms with Gasteiger partial charge in [-0.2, -0.15) is 0 Å². The third-order valence-electron chi connectivity index (χ3n) is 2.38. The maximum Gasteiger partial charge on any atom is 0.308 e. The highest BCUT2D eigenvalue weighted by atomic mass is 16.5. The molecule has 79 valence electrons. The molecule has 0 saturated heterocycles. The summed E-state index contributed by atoms with van der Waals surface area (Å²) in [4.78, 5) is 0. The van der Waals surface area contributed by atoms with Crippen molar-refractivity contribution >= 4 is 19.9 Å². The summed E-state index contributed by atoms with van der Waals surface area (Å²) in [6.07, 6.45) is 2.21. The molecule has 0 rings (SSSR count).